The molecule has 0 bridgehead atoms. The molecule has 1 rings (SSSR count). The third kappa shape index (κ3) is 4.59. The Morgan fingerprint density at radius 3 is 2.78 bits per heavy atom. The van der Waals surface area contributed by atoms with E-state index in [1.807, 2.05) is 14.0 Å². The molecule has 0 fully saturated rings. The summed E-state index contributed by atoms with van der Waals surface area (Å²) >= 11 is 0. The number of hydrogen-bond donors (Lipinski definition) is 2. The van der Waals surface area contributed by atoms with Crippen molar-refractivity contribution < 1.29 is 8.42 Å². The average Bonchev–Trinajstić information content (AvgIpc) is 2.28. The fraction of sp³-hybridized carbons (Fsp3) is 0.545. The minimum absolute atomic E-state index is 0.472. The van der Waals surface area contributed by atoms with Gasteiger partial charge in [-0.25, -0.2) is 0 Å². The van der Waals surface area contributed by atoms with Gasteiger partial charge in [-0.15, -0.1) is 0 Å². The molecule has 0 saturated carbocycles. The first-order chi connectivity index (χ1) is 8.45. The van der Waals surface area contributed by atoms with Crippen LogP contribution in [0.25, 0.3) is 0 Å². The van der Waals surface area contributed by atoms with Crippen molar-refractivity contribution in [2.24, 2.45) is 0 Å². The summed E-state index contributed by atoms with van der Waals surface area (Å²) < 4.78 is 27.8. The van der Waals surface area contributed by atoms with Gasteiger partial charge in [-0.1, -0.05) is 0 Å². The molecular formula is C11H20N4O2S. The van der Waals surface area contributed by atoms with Gasteiger partial charge in [0.2, 0.25) is 0 Å². The highest BCUT2D eigenvalue weighted by Crippen LogP contribution is 2.11. The molecule has 2 N–H and O–H groups in total. The van der Waals surface area contributed by atoms with Gasteiger partial charge in [0.25, 0.3) is 0 Å². The fourth-order valence-corrected chi connectivity index (χ4v) is 2.38. The van der Waals surface area contributed by atoms with Gasteiger partial charge in [0.1, 0.15) is 0 Å². The Labute approximate surface area is 109 Å². The van der Waals surface area contributed by atoms with Crippen molar-refractivity contribution in [1.82, 2.24) is 14.6 Å². The summed E-state index contributed by atoms with van der Waals surface area (Å²) in [5.41, 5.74) is 1.30. The predicted molar refractivity (Wildman–Crippen MR) is 72.7 cm³/mol. The van der Waals surface area contributed by atoms with Crippen LogP contribution in [0.15, 0.2) is 18.3 Å². The van der Waals surface area contributed by atoms with Gasteiger partial charge in [0, 0.05) is 25.5 Å². The zero-order valence-electron chi connectivity index (χ0n) is 11.0. The highest BCUT2D eigenvalue weighted by atomic mass is 32.2. The molecule has 0 amide bonds. The zero-order chi connectivity index (χ0) is 13.6. The summed E-state index contributed by atoms with van der Waals surface area (Å²) in [7, 11) is -0.0815. The number of pyridine rings is 1. The number of aromatic nitrogens is 1. The van der Waals surface area contributed by atoms with Crippen LogP contribution in [-0.2, 0) is 10.2 Å². The third-order valence-electron chi connectivity index (χ3n) is 2.45. The monoisotopic (exact) mass is 272 g/mol. The standard InChI is InChI=1S/C11H20N4O2S/c1-10-9-11(5-7-13-10)14-18(16,17)15(3)8-4-6-12-2/h5,7,9,12H,4,6,8H2,1-3H3,(H,13,14). The number of aryl methyl sites for hydroxylation is 1. The van der Waals surface area contributed by atoms with Crippen LogP contribution in [0.5, 0.6) is 0 Å². The maximum atomic E-state index is 12.0. The highest BCUT2D eigenvalue weighted by Gasteiger charge is 2.16. The lowest BCUT2D eigenvalue weighted by molar-refractivity contribution is 0.462. The lowest BCUT2D eigenvalue weighted by atomic mass is 10.3. The number of anilines is 1. The molecule has 0 radical (unpaired) electrons. The Morgan fingerprint density at radius 2 is 2.17 bits per heavy atom. The van der Waals surface area contributed by atoms with Gasteiger partial charge >= 0.3 is 10.2 Å². The second-order valence-electron chi connectivity index (χ2n) is 4.07. The molecule has 1 aromatic heterocycles. The molecule has 0 atom stereocenters. The molecule has 102 valence electrons. The molecule has 18 heavy (non-hydrogen) atoms. The maximum absolute atomic E-state index is 12.0. The number of rotatable bonds is 7. The molecule has 0 aliphatic carbocycles. The van der Waals surface area contributed by atoms with Crippen LogP contribution in [0.1, 0.15) is 12.1 Å². The fourth-order valence-electron chi connectivity index (χ4n) is 1.43. The van der Waals surface area contributed by atoms with E-state index in [2.05, 4.69) is 15.0 Å². The van der Waals surface area contributed by atoms with Crippen molar-refractivity contribution in [3.8, 4) is 0 Å². The molecule has 0 unspecified atom stereocenters. The van der Waals surface area contributed by atoms with Crippen LogP contribution in [0.3, 0.4) is 0 Å². The van der Waals surface area contributed by atoms with Crippen LogP contribution >= 0.6 is 0 Å². The Balaban J connectivity index is 2.64. The van der Waals surface area contributed by atoms with Crippen molar-refractivity contribution >= 4 is 15.9 Å². The smallest absolute Gasteiger partial charge is 0.301 e. The lowest BCUT2D eigenvalue weighted by Crippen LogP contribution is -2.34. The summed E-state index contributed by atoms with van der Waals surface area (Å²) in [6.07, 6.45) is 2.34. The first kappa shape index (κ1) is 14.9. The van der Waals surface area contributed by atoms with Crippen LogP contribution in [0.2, 0.25) is 0 Å². The molecule has 0 aliphatic rings. The number of hydrogen-bond acceptors (Lipinski definition) is 4. The van der Waals surface area contributed by atoms with E-state index in [0.29, 0.717) is 12.2 Å². The second-order valence-corrected chi connectivity index (χ2v) is 5.85. The highest BCUT2D eigenvalue weighted by molar-refractivity contribution is 7.90. The SMILES string of the molecule is CNCCCN(C)S(=O)(=O)Nc1ccnc(C)c1. The van der Waals surface area contributed by atoms with E-state index in [-0.39, 0.29) is 0 Å². The van der Waals surface area contributed by atoms with E-state index >= 15 is 0 Å². The molecule has 6 nitrogen and oxygen atoms in total. The molecule has 7 heteroatoms. The van der Waals surface area contributed by atoms with Gasteiger partial charge in [0.05, 0.1) is 5.69 Å². The summed E-state index contributed by atoms with van der Waals surface area (Å²) in [6.45, 7) is 3.07. The van der Waals surface area contributed by atoms with Gasteiger partial charge in [-0.3, -0.25) is 9.71 Å². The topological polar surface area (TPSA) is 74.3 Å². The Morgan fingerprint density at radius 1 is 1.44 bits per heavy atom. The summed E-state index contributed by atoms with van der Waals surface area (Å²) in [5, 5.41) is 2.98. The molecule has 0 spiro atoms. The first-order valence-electron chi connectivity index (χ1n) is 5.77. The van der Waals surface area contributed by atoms with Crippen molar-refractivity contribution in [2.45, 2.75) is 13.3 Å². The Kier molecular flexibility index (Phi) is 5.52. The van der Waals surface area contributed by atoms with E-state index in [1.54, 1.807) is 25.4 Å². The van der Waals surface area contributed by atoms with Crippen molar-refractivity contribution in [2.75, 3.05) is 31.9 Å². The minimum atomic E-state index is -3.48. The van der Waals surface area contributed by atoms with Crippen LogP contribution in [0, 0.1) is 6.92 Å². The zero-order valence-corrected chi connectivity index (χ0v) is 11.8. The maximum Gasteiger partial charge on any atom is 0.301 e. The van der Waals surface area contributed by atoms with Gasteiger partial charge in [-0.2, -0.15) is 12.7 Å². The second kappa shape index (κ2) is 6.67. The minimum Gasteiger partial charge on any atom is -0.320 e. The van der Waals surface area contributed by atoms with Crippen molar-refractivity contribution in [1.29, 1.82) is 0 Å². The van der Waals surface area contributed by atoms with Crippen LogP contribution < -0.4 is 10.0 Å². The first-order valence-corrected chi connectivity index (χ1v) is 7.21. The number of nitrogens with one attached hydrogen (secondary N) is 2. The molecular weight excluding hydrogens is 252 g/mol. The van der Waals surface area contributed by atoms with E-state index < -0.39 is 10.2 Å². The van der Waals surface area contributed by atoms with E-state index in [0.717, 1.165) is 18.7 Å². The van der Waals surface area contributed by atoms with Crippen molar-refractivity contribution in [3.05, 3.63) is 24.0 Å². The summed E-state index contributed by atoms with van der Waals surface area (Å²) in [6, 6.07) is 3.32. The van der Waals surface area contributed by atoms with Gasteiger partial charge < -0.3 is 5.32 Å². The normalized spacial score (nSPS) is 11.8. The lowest BCUT2D eigenvalue weighted by Gasteiger charge is -2.18. The van der Waals surface area contributed by atoms with Crippen LogP contribution in [-0.4, -0.2) is 44.9 Å². The average molecular weight is 272 g/mol. The molecule has 1 heterocycles. The van der Waals surface area contributed by atoms with E-state index in [9.17, 15) is 8.42 Å². The summed E-state index contributed by atoms with van der Waals surface area (Å²) in [4.78, 5) is 4.02. The predicted octanol–water partition coefficient (Wildman–Crippen LogP) is 0.588. The van der Waals surface area contributed by atoms with Crippen LogP contribution in [0.4, 0.5) is 5.69 Å². The van der Waals surface area contributed by atoms with E-state index in [1.165, 1.54) is 4.31 Å². The van der Waals surface area contributed by atoms with E-state index in [4.69, 9.17) is 0 Å². The largest absolute Gasteiger partial charge is 0.320 e. The Hall–Kier alpha value is -1.18. The Bertz CT molecular complexity index is 476. The number of nitrogens with zero attached hydrogens (tertiary/aromatic N) is 2. The third-order valence-corrected chi connectivity index (χ3v) is 3.95. The summed E-state index contributed by atoms with van der Waals surface area (Å²) in [5.74, 6) is 0. The molecule has 1 aromatic rings. The van der Waals surface area contributed by atoms with Crippen molar-refractivity contribution in [3.63, 3.8) is 0 Å². The molecule has 0 aliphatic heterocycles. The quantitative estimate of drug-likeness (QED) is 0.712. The van der Waals surface area contributed by atoms with Gasteiger partial charge in [0.15, 0.2) is 0 Å². The van der Waals surface area contributed by atoms with Gasteiger partial charge in [-0.05, 0) is 39.1 Å². The molecule has 0 saturated heterocycles. The molecule has 0 aromatic carbocycles.